The maximum atomic E-state index is 13.0. The van der Waals surface area contributed by atoms with Crippen LogP contribution in [0.2, 0.25) is 0 Å². The molecule has 126 valence electrons. The van der Waals surface area contributed by atoms with Crippen LogP contribution in [0.25, 0.3) is 11.1 Å². The van der Waals surface area contributed by atoms with Crippen LogP contribution in [0.4, 0.5) is 0 Å². The fraction of sp³-hybridized carbons (Fsp3) is 0.250. The zero-order valence-corrected chi connectivity index (χ0v) is 13.9. The lowest BCUT2D eigenvalue weighted by atomic mass is 9.95. The highest BCUT2D eigenvalue weighted by Gasteiger charge is 2.35. The van der Waals surface area contributed by atoms with Crippen molar-refractivity contribution in [2.45, 2.75) is 24.8 Å². The molecule has 3 rings (SSSR count). The molecule has 0 radical (unpaired) electrons. The fourth-order valence-corrected chi connectivity index (χ4v) is 3.29. The van der Waals surface area contributed by atoms with E-state index < -0.39 is 17.9 Å². The third-order valence-electron chi connectivity index (χ3n) is 4.44. The number of nitriles is 1. The van der Waals surface area contributed by atoms with Crippen molar-refractivity contribution in [1.29, 1.82) is 5.26 Å². The SMILES string of the molecule is COC(=O)[C@H](CCC#N)NC(=O)C1c2ccccc2-c2ccccc21. The maximum Gasteiger partial charge on any atom is 0.328 e. The first-order valence-corrected chi connectivity index (χ1v) is 8.10. The van der Waals surface area contributed by atoms with Gasteiger partial charge < -0.3 is 10.1 Å². The van der Waals surface area contributed by atoms with Crippen LogP contribution in [0, 0.1) is 11.3 Å². The van der Waals surface area contributed by atoms with Crippen LogP contribution >= 0.6 is 0 Å². The summed E-state index contributed by atoms with van der Waals surface area (Å²) in [6, 6.07) is 16.7. The first-order chi connectivity index (χ1) is 12.2. The number of nitrogens with one attached hydrogen (secondary N) is 1. The summed E-state index contributed by atoms with van der Waals surface area (Å²) in [5, 5.41) is 11.5. The highest BCUT2D eigenvalue weighted by molar-refractivity contribution is 5.97. The van der Waals surface area contributed by atoms with E-state index in [2.05, 4.69) is 5.32 Å². The number of hydrogen-bond acceptors (Lipinski definition) is 4. The molecule has 5 heteroatoms. The molecular weight excluding hydrogens is 316 g/mol. The molecule has 0 saturated carbocycles. The number of esters is 1. The lowest BCUT2D eigenvalue weighted by molar-refractivity contribution is -0.145. The van der Waals surface area contributed by atoms with Gasteiger partial charge in [0.05, 0.1) is 19.1 Å². The number of carbonyl (C=O) groups excluding carboxylic acids is 2. The first kappa shape index (κ1) is 16.7. The Bertz CT molecular complexity index is 809. The van der Waals surface area contributed by atoms with E-state index in [4.69, 9.17) is 10.00 Å². The Morgan fingerprint density at radius 1 is 1.12 bits per heavy atom. The molecule has 1 amide bonds. The molecule has 2 aromatic rings. The molecule has 0 spiro atoms. The van der Waals surface area contributed by atoms with Crippen LogP contribution in [-0.2, 0) is 14.3 Å². The Hall–Kier alpha value is -3.13. The van der Waals surface area contributed by atoms with E-state index in [1.54, 1.807) is 0 Å². The van der Waals surface area contributed by atoms with E-state index in [0.717, 1.165) is 22.3 Å². The van der Waals surface area contributed by atoms with Gasteiger partial charge in [0, 0.05) is 6.42 Å². The Labute approximate surface area is 146 Å². The van der Waals surface area contributed by atoms with Crippen LogP contribution in [0.15, 0.2) is 48.5 Å². The smallest absolute Gasteiger partial charge is 0.328 e. The summed E-state index contributed by atoms with van der Waals surface area (Å²) < 4.78 is 4.75. The number of nitrogens with zero attached hydrogens (tertiary/aromatic N) is 1. The molecule has 0 unspecified atom stereocenters. The topological polar surface area (TPSA) is 79.2 Å². The van der Waals surface area contributed by atoms with Gasteiger partial charge in [0.25, 0.3) is 0 Å². The molecule has 0 aromatic heterocycles. The van der Waals surface area contributed by atoms with Gasteiger partial charge in [0.15, 0.2) is 0 Å². The first-order valence-electron chi connectivity index (χ1n) is 8.10. The number of amides is 1. The minimum atomic E-state index is -0.822. The minimum absolute atomic E-state index is 0.165. The number of ether oxygens (including phenoxy) is 1. The normalized spacial score (nSPS) is 13.3. The molecule has 1 aliphatic carbocycles. The van der Waals surface area contributed by atoms with E-state index >= 15 is 0 Å². The predicted octanol–water partition coefficient (Wildman–Crippen LogP) is 2.76. The quantitative estimate of drug-likeness (QED) is 0.853. The van der Waals surface area contributed by atoms with Crippen molar-refractivity contribution in [1.82, 2.24) is 5.32 Å². The van der Waals surface area contributed by atoms with Crippen LogP contribution in [-0.4, -0.2) is 25.0 Å². The van der Waals surface area contributed by atoms with Crippen molar-refractivity contribution in [3.8, 4) is 17.2 Å². The summed E-state index contributed by atoms with van der Waals surface area (Å²) in [5.41, 5.74) is 3.91. The van der Waals surface area contributed by atoms with E-state index in [9.17, 15) is 9.59 Å². The lowest BCUT2D eigenvalue weighted by Gasteiger charge is -2.19. The lowest BCUT2D eigenvalue weighted by Crippen LogP contribution is -2.43. The molecule has 25 heavy (non-hydrogen) atoms. The number of methoxy groups -OCH3 is 1. The summed E-state index contributed by atoms with van der Waals surface area (Å²) in [4.78, 5) is 24.9. The van der Waals surface area contributed by atoms with Gasteiger partial charge in [-0.25, -0.2) is 4.79 Å². The average molecular weight is 334 g/mol. The summed E-state index contributed by atoms with van der Waals surface area (Å²) in [7, 11) is 1.27. The molecule has 0 aliphatic heterocycles. The Morgan fingerprint density at radius 2 is 1.68 bits per heavy atom. The van der Waals surface area contributed by atoms with Crippen molar-refractivity contribution in [3.63, 3.8) is 0 Å². The third-order valence-corrected chi connectivity index (χ3v) is 4.44. The van der Waals surface area contributed by atoms with Crippen molar-refractivity contribution in [2.75, 3.05) is 7.11 Å². The van der Waals surface area contributed by atoms with Crippen LogP contribution < -0.4 is 5.32 Å². The molecule has 1 N–H and O–H groups in total. The molecular formula is C20H18N2O3. The molecule has 5 nitrogen and oxygen atoms in total. The molecule has 0 saturated heterocycles. The molecule has 1 aliphatic rings. The van der Waals surface area contributed by atoms with E-state index in [1.165, 1.54) is 7.11 Å². The van der Waals surface area contributed by atoms with Crippen LogP contribution in [0.5, 0.6) is 0 Å². The monoisotopic (exact) mass is 334 g/mol. The second-order valence-corrected chi connectivity index (χ2v) is 5.89. The number of hydrogen-bond donors (Lipinski definition) is 1. The van der Waals surface area contributed by atoms with Crippen molar-refractivity contribution < 1.29 is 14.3 Å². The zero-order chi connectivity index (χ0) is 17.8. The van der Waals surface area contributed by atoms with Crippen molar-refractivity contribution in [3.05, 3.63) is 59.7 Å². The summed E-state index contributed by atoms with van der Waals surface area (Å²) >= 11 is 0. The van der Waals surface area contributed by atoms with E-state index in [-0.39, 0.29) is 18.7 Å². The largest absolute Gasteiger partial charge is 0.467 e. The molecule has 0 heterocycles. The van der Waals surface area contributed by atoms with Crippen LogP contribution in [0.3, 0.4) is 0 Å². The second kappa shape index (κ2) is 7.18. The van der Waals surface area contributed by atoms with Gasteiger partial charge >= 0.3 is 5.97 Å². The van der Waals surface area contributed by atoms with Gasteiger partial charge in [-0.05, 0) is 28.7 Å². The Balaban J connectivity index is 1.91. The Kier molecular flexibility index (Phi) is 4.80. The summed E-state index contributed by atoms with van der Waals surface area (Å²) in [6.07, 6.45) is 0.392. The van der Waals surface area contributed by atoms with E-state index in [0.29, 0.717) is 0 Å². The minimum Gasteiger partial charge on any atom is -0.467 e. The van der Waals surface area contributed by atoms with Crippen molar-refractivity contribution >= 4 is 11.9 Å². The van der Waals surface area contributed by atoms with Gasteiger partial charge in [0.2, 0.25) is 5.91 Å². The predicted molar refractivity (Wildman–Crippen MR) is 92.5 cm³/mol. The number of fused-ring (bicyclic) bond motifs is 3. The summed E-state index contributed by atoms with van der Waals surface area (Å²) in [5.74, 6) is -1.27. The fourth-order valence-electron chi connectivity index (χ4n) is 3.29. The standard InChI is InChI=1S/C20H18N2O3/c1-25-20(24)17(11-6-12-21)22-19(23)18-15-9-4-2-7-13(15)14-8-3-5-10-16(14)18/h2-5,7-10,17-18H,6,11H2,1H3,(H,22,23)/t17-/m0/s1. The van der Waals surface area contributed by atoms with Gasteiger partial charge in [-0.15, -0.1) is 0 Å². The van der Waals surface area contributed by atoms with Gasteiger partial charge in [-0.3, -0.25) is 4.79 Å². The maximum absolute atomic E-state index is 13.0. The second-order valence-electron chi connectivity index (χ2n) is 5.89. The molecule has 1 atom stereocenters. The van der Waals surface area contributed by atoms with Gasteiger partial charge in [0.1, 0.15) is 6.04 Å². The Morgan fingerprint density at radius 3 is 2.20 bits per heavy atom. The number of benzene rings is 2. The molecule has 0 bridgehead atoms. The average Bonchev–Trinajstić information content (AvgIpc) is 2.99. The van der Waals surface area contributed by atoms with E-state index in [1.807, 2.05) is 54.6 Å². The summed E-state index contributed by atoms with van der Waals surface area (Å²) in [6.45, 7) is 0. The van der Waals surface area contributed by atoms with Crippen LogP contribution in [0.1, 0.15) is 29.9 Å². The highest BCUT2D eigenvalue weighted by atomic mass is 16.5. The number of carbonyl (C=O) groups is 2. The highest BCUT2D eigenvalue weighted by Crippen LogP contribution is 2.44. The zero-order valence-electron chi connectivity index (χ0n) is 13.9. The van der Waals surface area contributed by atoms with Crippen molar-refractivity contribution in [2.24, 2.45) is 0 Å². The van der Waals surface area contributed by atoms with Gasteiger partial charge in [-0.2, -0.15) is 5.26 Å². The third kappa shape index (κ3) is 3.11. The molecule has 0 fully saturated rings. The molecule has 2 aromatic carbocycles. The van der Waals surface area contributed by atoms with Gasteiger partial charge in [-0.1, -0.05) is 48.5 Å². The number of rotatable bonds is 5.